The van der Waals surface area contributed by atoms with Crippen molar-refractivity contribution in [3.05, 3.63) is 23.9 Å². The maximum atomic E-state index is 4.55. The molecule has 0 spiro atoms. The molecule has 1 aromatic heterocycles. The van der Waals surface area contributed by atoms with E-state index in [1.54, 1.807) is 0 Å². The molecular weight excluding hydrogens is 210 g/mol. The van der Waals surface area contributed by atoms with Crippen LogP contribution in [0.2, 0.25) is 0 Å². The molecule has 0 bridgehead atoms. The average Bonchev–Trinajstić information content (AvgIpc) is 2.79. The van der Waals surface area contributed by atoms with Crippen LogP contribution in [0.25, 0.3) is 0 Å². The molecule has 2 rings (SSSR count). The van der Waals surface area contributed by atoms with Gasteiger partial charge in [0, 0.05) is 31.4 Å². The minimum Gasteiger partial charge on any atom is -0.357 e. The van der Waals surface area contributed by atoms with Crippen LogP contribution in [-0.2, 0) is 6.54 Å². The lowest BCUT2D eigenvalue weighted by molar-refractivity contribution is 0.424. The highest BCUT2D eigenvalue weighted by atomic mass is 15.2. The van der Waals surface area contributed by atoms with Crippen molar-refractivity contribution in [1.29, 1.82) is 0 Å². The van der Waals surface area contributed by atoms with Crippen molar-refractivity contribution in [1.82, 2.24) is 10.3 Å². The lowest BCUT2D eigenvalue weighted by Crippen LogP contribution is -2.35. The van der Waals surface area contributed by atoms with E-state index in [0.717, 1.165) is 25.5 Å². The summed E-state index contributed by atoms with van der Waals surface area (Å²) in [7, 11) is 0. The van der Waals surface area contributed by atoms with Crippen LogP contribution in [0.1, 0.15) is 39.2 Å². The summed E-state index contributed by atoms with van der Waals surface area (Å²) < 4.78 is 0. The first-order valence-corrected chi connectivity index (χ1v) is 6.49. The molecule has 1 N–H and O–H groups in total. The van der Waals surface area contributed by atoms with E-state index in [4.69, 9.17) is 0 Å². The van der Waals surface area contributed by atoms with E-state index < -0.39 is 0 Å². The van der Waals surface area contributed by atoms with Crippen LogP contribution in [0.5, 0.6) is 0 Å². The number of pyridine rings is 1. The molecule has 0 radical (unpaired) electrons. The fourth-order valence-corrected chi connectivity index (χ4v) is 2.02. The Balaban J connectivity index is 1.93. The molecule has 0 aliphatic carbocycles. The van der Waals surface area contributed by atoms with Crippen LogP contribution in [0.3, 0.4) is 0 Å². The fraction of sp³-hybridized carbons (Fsp3) is 0.643. The lowest BCUT2D eigenvalue weighted by Gasteiger charge is -2.21. The van der Waals surface area contributed by atoms with Gasteiger partial charge in [-0.3, -0.25) is 0 Å². The van der Waals surface area contributed by atoms with Crippen LogP contribution in [0.4, 0.5) is 5.82 Å². The monoisotopic (exact) mass is 233 g/mol. The average molecular weight is 233 g/mol. The molecule has 2 heterocycles. The summed E-state index contributed by atoms with van der Waals surface area (Å²) in [6, 6.07) is 4.32. The first-order chi connectivity index (χ1) is 8.04. The highest BCUT2D eigenvalue weighted by Gasteiger charge is 2.13. The quantitative estimate of drug-likeness (QED) is 0.869. The molecule has 0 atom stereocenters. The number of nitrogens with zero attached hydrogens (tertiary/aromatic N) is 2. The van der Waals surface area contributed by atoms with Crippen LogP contribution >= 0.6 is 0 Å². The van der Waals surface area contributed by atoms with Gasteiger partial charge in [-0.2, -0.15) is 0 Å². The van der Waals surface area contributed by atoms with E-state index in [-0.39, 0.29) is 5.54 Å². The molecule has 1 fully saturated rings. The molecule has 3 nitrogen and oxygen atoms in total. The Kier molecular flexibility index (Phi) is 3.67. The van der Waals surface area contributed by atoms with Gasteiger partial charge in [0.1, 0.15) is 5.82 Å². The third-order valence-corrected chi connectivity index (χ3v) is 3.06. The van der Waals surface area contributed by atoms with Crippen molar-refractivity contribution in [3.8, 4) is 0 Å². The van der Waals surface area contributed by atoms with Crippen molar-refractivity contribution in [3.63, 3.8) is 0 Å². The molecule has 94 valence electrons. The molecule has 1 aromatic rings. The number of hydrogen-bond acceptors (Lipinski definition) is 3. The number of hydrogen-bond donors (Lipinski definition) is 1. The standard InChI is InChI=1S/C14H23N3/c1-14(2,3)16-11-12-6-7-13(15-10-12)17-8-4-5-9-17/h6-7,10,16H,4-5,8-9,11H2,1-3H3. The van der Waals surface area contributed by atoms with Crippen molar-refractivity contribution in [2.75, 3.05) is 18.0 Å². The van der Waals surface area contributed by atoms with Crippen LogP contribution in [0.15, 0.2) is 18.3 Å². The molecular formula is C14H23N3. The third kappa shape index (κ3) is 3.70. The molecule has 0 unspecified atom stereocenters. The Labute approximate surface area is 104 Å². The highest BCUT2D eigenvalue weighted by Crippen LogP contribution is 2.17. The highest BCUT2D eigenvalue weighted by molar-refractivity contribution is 5.40. The summed E-state index contributed by atoms with van der Waals surface area (Å²) in [6.07, 6.45) is 4.59. The van der Waals surface area contributed by atoms with E-state index in [1.807, 2.05) is 6.20 Å². The largest absolute Gasteiger partial charge is 0.357 e. The molecule has 0 saturated carbocycles. The Hall–Kier alpha value is -1.09. The van der Waals surface area contributed by atoms with Crippen molar-refractivity contribution in [2.45, 2.75) is 45.7 Å². The second-order valence-electron chi connectivity index (χ2n) is 5.82. The first kappa shape index (κ1) is 12.4. The van der Waals surface area contributed by atoms with Gasteiger partial charge in [-0.15, -0.1) is 0 Å². The van der Waals surface area contributed by atoms with Crippen molar-refractivity contribution >= 4 is 5.82 Å². The summed E-state index contributed by atoms with van der Waals surface area (Å²) in [6.45, 7) is 9.74. The molecule has 3 heteroatoms. The minimum absolute atomic E-state index is 0.160. The number of rotatable bonds is 3. The van der Waals surface area contributed by atoms with Crippen LogP contribution < -0.4 is 10.2 Å². The SMILES string of the molecule is CC(C)(C)NCc1ccc(N2CCCC2)nc1. The second-order valence-corrected chi connectivity index (χ2v) is 5.82. The maximum absolute atomic E-state index is 4.55. The lowest BCUT2D eigenvalue weighted by atomic mass is 10.1. The zero-order chi connectivity index (χ0) is 12.3. The molecule has 1 aliphatic heterocycles. The Morgan fingerprint density at radius 2 is 1.94 bits per heavy atom. The third-order valence-electron chi connectivity index (χ3n) is 3.06. The summed E-state index contributed by atoms with van der Waals surface area (Å²) >= 11 is 0. The van der Waals surface area contributed by atoms with Crippen molar-refractivity contribution in [2.24, 2.45) is 0 Å². The van der Waals surface area contributed by atoms with Crippen LogP contribution in [-0.4, -0.2) is 23.6 Å². The van der Waals surface area contributed by atoms with Gasteiger partial charge >= 0.3 is 0 Å². The Morgan fingerprint density at radius 3 is 2.47 bits per heavy atom. The zero-order valence-corrected chi connectivity index (χ0v) is 11.2. The van der Waals surface area contributed by atoms with Crippen LogP contribution in [0, 0.1) is 0 Å². The van der Waals surface area contributed by atoms with Gasteiger partial charge in [-0.25, -0.2) is 4.98 Å². The molecule has 0 amide bonds. The van der Waals surface area contributed by atoms with Gasteiger partial charge in [-0.05, 0) is 45.2 Å². The number of nitrogens with one attached hydrogen (secondary N) is 1. The molecule has 1 aliphatic rings. The number of aromatic nitrogens is 1. The van der Waals surface area contributed by atoms with Gasteiger partial charge in [0.2, 0.25) is 0 Å². The number of anilines is 1. The molecule has 0 aromatic carbocycles. The van der Waals surface area contributed by atoms with E-state index >= 15 is 0 Å². The van der Waals surface area contributed by atoms with Crippen molar-refractivity contribution < 1.29 is 0 Å². The fourth-order valence-electron chi connectivity index (χ4n) is 2.02. The van der Waals surface area contributed by atoms with E-state index in [9.17, 15) is 0 Å². The normalized spacial score (nSPS) is 16.5. The maximum Gasteiger partial charge on any atom is 0.128 e. The predicted octanol–water partition coefficient (Wildman–Crippen LogP) is 2.57. The van der Waals surface area contributed by atoms with Gasteiger partial charge in [-0.1, -0.05) is 6.07 Å². The van der Waals surface area contributed by atoms with Gasteiger partial charge < -0.3 is 10.2 Å². The summed E-state index contributed by atoms with van der Waals surface area (Å²) in [5.41, 5.74) is 1.41. The first-order valence-electron chi connectivity index (χ1n) is 6.49. The van der Waals surface area contributed by atoms with E-state index in [2.05, 4.69) is 48.1 Å². The van der Waals surface area contributed by atoms with E-state index in [0.29, 0.717) is 0 Å². The molecule has 1 saturated heterocycles. The summed E-state index contributed by atoms with van der Waals surface area (Å²) in [5.74, 6) is 1.13. The zero-order valence-electron chi connectivity index (χ0n) is 11.2. The summed E-state index contributed by atoms with van der Waals surface area (Å²) in [5, 5.41) is 3.47. The smallest absolute Gasteiger partial charge is 0.128 e. The van der Waals surface area contributed by atoms with Gasteiger partial charge in [0.15, 0.2) is 0 Å². The second kappa shape index (κ2) is 5.05. The minimum atomic E-state index is 0.160. The Bertz CT molecular complexity index is 345. The topological polar surface area (TPSA) is 28.2 Å². The molecule has 17 heavy (non-hydrogen) atoms. The van der Waals surface area contributed by atoms with Gasteiger partial charge in [0.05, 0.1) is 0 Å². The van der Waals surface area contributed by atoms with E-state index in [1.165, 1.54) is 18.4 Å². The Morgan fingerprint density at radius 1 is 1.24 bits per heavy atom. The van der Waals surface area contributed by atoms with Gasteiger partial charge in [0.25, 0.3) is 0 Å². The predicted molar refractivity (Wildman–Crippen MR) is 72.3 cm³/mol. The summed E-state index contributed by atoms with van der Waals surface area (Å²) in [4.78, 5) is 6.91.